The number of hydrogen-bond donors (Lipinski definition) is 0. The van der Waals surface area contributed by atoms with E-state index in [1.54, 1.807) is 6.33 Å². The highest BCUT2D eigenvalue weighted by molar-refractivity contribution is 5.78. The van der Waals surface area contributed by atoms with Crippen LogP contribution in [0.15, 0.2) is 42.7 Å². The van der Waals surface area contributed by atoms with E-state index in [1.807, 2.05) is 23.7 Å². The van der Waals surface area contributed by atoms with Gasteiger partial charge in [-0.2, -0.15) is 0 Å². The average molecular weight is 309 g/mol. The quantitative estimate of drug-likeness (QED) is 0.740. The van der Waals surface area contributed by atoms with Gasteiger partial charge in [-0.1, -0.05) is 24.3 Å². The molecule has 2 aromatic heterocycles. The maximum absolute atomic E-state index is 5.86. The highest BCUT2D eigenvalue weighted by atomic mass is 16.5. The van der Waals surface area contributed by atoms with Crippen LogP contribution in [-0.2, 0) is 18.3 Å². The minimum atomic E-state index is -0.0308. The Hall–Kier alpha value is -2.31. The Kier molecular flexibility index (Phi) is 3.77. The van der Waals surface area contributed by atoms with E-state index in [2.05, 4.69) is 39.4 Å². The van der Waals surface area contributed by atoms with E-state index in [1.165, 1.54) is 5.39 Å². The number of rotatable bonds is 3. The average Bonchev–Trinajstić information content (AvgIpc) is 3.01. The molecule has 4 rings (SSSR count). The minimum Gasteiger partial charge on any atom is -0.368 e. The number of para-hydroxylation sites is 1. The van der Waals surface area contributed by atoms with Crippen molar-refractivity contribution in [1.82, 2.24) is 24.6 Å². The number of aromatic nitrogens is 4. The predicted molar refractivity (Wildman–Crippen MR) is 86.7 cm³/mol. The van der Waals surface area contributed by atoms with Gasteiger partial charge >= 0.3 is 0 Å². The Labute approximate surface area is 134 Å². The van der Waals surface area contributed by atoms with Crippen molar-refractivity contribution in [3.05, 3.63) is 54.2 Å². The van der Waals surface area contributed by atoms with Gasteiger partial charge in [-0.3, -0.25) is 9.88 Å². The first-order chi connectivity index (χ1) is 11.3. The molecule has 23 heavy (non-hydrogen) atoms. The van der Waals surface area contributed by atoms with Crippen LogP contribution < -0.4 is 0 Å². The van der Waals surface area contributed by atoms with E-state index in [0.29, 0.717) is 6.61 Å². The highest BCUT2D eigenvalue weighted by Crippen LogP contribution is 2.21. The number of ether oxygens (including phenoxy) is 1. The molecule has 6 nitrogen and oxygen atoms in total. The van der Waals surface area contributed by atoms with Crippen molar-refractivity contribution in [2.75, 3.05) is 19.7 Å². The fourth-order valence-corrected chi connectivity index (χ4v) is 3.01. The van der Waals surface area contributed by atoms with E-state index in [9.17, 15) is 0 Å². The van der Waals surface area contributed by atoms with Crippen molar-refractivity contribution in [2.45, 2.75) is 12.6 Å². The van der Waals surface area contributed by atoms with Crippen LogP contribution in [0.5, 0.6) is 0 Å². The minimum absolute atomic E-state index is 0.0308. The third-order valence-electron chi connectivity index (χ3n) is 4.23. The topological polar surface area (TPSA) is 56.1 Å². The van der Waals surface area contributed by atoms with Crippen LogP contribution in [0.4, 0.5) is 0 Å². The molecule has 3 aromatic rings. The summed E-state index contributed by atoms with van der Waals surface area (Å²) < 4.78 is 7.78. The van der Waals surface area contributed by atoms with Crippen molar-refractivity contribution in [3.8, 4) is 0 Å². The lowest BCUT2D eigenvalue weighted by molar-refractivity contribution is -0.0388. The first-order valence-electron chi connectivity index (χ1n) is 7.82. The molecule has 1 saturated heterocycles. The van der Waals surface area contributed by atoms with Gasteiger partial charge in [-0.15, -0.1) is 10.2 Å². The van der Waals surface area contributed by atoms with Crippen molar-refractivity contribution in [2.24, 2.45) is 7.05 Å². The molecule has 1 aliphatic heterocycles. The van der Waals surface area contributed by atoms with Crippen LogP contribution in [0.3, 0.4) is 0 Å². The molecule has 1 fully saturated rings. The Morgan fingerprint density at radius 1 is 1.22 bits per heavy atom. The number of fused-ring (bicyclic) bond motifs is 1. The monoisotopic (exact) mass is 309 g/mol. The molecule has 0 spiro atoms. The molecule has 0 unspecified atom stereocenters. The normalized spacial score (nSPS) is 19.3. The zero-order valence-corrected chi connectivity index (χ0v) is 13.1. The van der Waals surface area contributed by atoms with E-state index in [4.69, 9.17) is 9.72 Å². The summed E-state index contributed by atoms with van der Waals surface area (Å²) in [5.74, 6) is 0.876. The Morgan fingerprint density at radius 2 is 2.13 bits per heavy atom. The maximum atomic E-state index is 5.86. The summed E-state index contributed by atoms with van der Waals surface area (Å²) in [6.07, 6.45) is 1.68. The molecule has 1 aromatic carbocycles. The lowest BCUT2D eigenvalue weighted by Gasteiger charge is -2.32. The smallest absolute Gasteiger partial charge is 0.163 e. The molecule has 3 heterocycles. The van der Waals surface area contributed by atoms with Crippen molar-refractivity contribution in [1.29, 1.82) is 0 Å². The van der Waals surface area contributed by atoms with E-state index in [0.717, 1.165) is 36.7 Å². The van der Waals surface area contributed by atoms with Gasteiger partial charge in [0, 0.05) is 32.1 Å². The lowest BCUT2D eigenvalue weighted by atomic mass is 10.2. The SMILES string of the molecule is Cn1cnnc1[C@H]1CN(Cc2ccc3ccccc3n2)CCO1. The second kappa shape index (κ2) is 6.06. The number of nitrogens with zero attached hydrogens (tertiary/aromatic N) is 5. The summed E-state index contributed by atoms with van der Waals surface area (Å²) in [7, 11) is 1.95. The fourth-order valence-electron chi connectivity index (χ4n) is 3.01. The molecule has 6 heteroatoms. The van der Waals surface area contributed by atoms with Gasteiger partial charge in [0.1, 0.15) is 12.4 Å². The van der Waals surface area contributed by atoms with Crippen molar-refractivity contribution in [3.63, 3.8) is 0 Å². The summed E-state index contributed by atoms with van der Waals surface area (Å²) >= 11 is 0. The molecule has 0 radical (unpaired) electrons. The Balaban J connectivity index is 1.50. The number of aryl methyl sites for hydroxylation is 1. The van der Waals surface area contributed by atoms with Crippen LogP contribution in [0.2, 0.25) is 0 Å². The molecule has 0 bridgehead atoms. The standard InChI is InChI=1S/C17H19N5O/c1-21-12-18-20-17(21)16-11-22(8-9-23-16)10-14-7-6-13-4-2-3-5-15(13)19-14/h2-7,12,16H,8-11H2,1H3/t16-/m1/s1. The number of morpholine rings is 1. The van der Waals surface area contributed by atoms with Gasteiger partial charge in [-0.25, -0.2) is 0 Å². The fraction of sp³-hybridized carbons (Fsp3) is 0.353. The second-order valence-electron chi connectivity index (χ2n) is 5.89. The Bertz CT molecular complexity index is 815. The number of benzene rings is 1. The number of hydrogen-bond acceptors (Lipinski definition) is 5. The van der Waals surface area contributed by atoms with Crippen LogP contribution in [0, 0.1) is 0 Å². The predicted octanol–water partition coefficient (Wildman–Crippen LogP) is 1.94. The second-order valence-corrected chi connectivity index (χ2v) is 5.89. The molecule has 0 aliphatic carbocycles. The summed E-state index contributed by atoms with van der Waals surface area (Å²) in [4.78, 5) is 7.12. The summed E-state index contributed by atoms with van der Waals surface area (Å²) in [6.45, 7) is 3.23. The third kappa shape index (κ3) is 2.95. The van der Waals surface area contributed by atoms with E-state index >= 15 is 0 Å². The highest BCUT2D eigenvalue weighted by Gasteiger charge is 2.25. The van der Waals surface area contributed by atoms with Gasteiger partial charge in [0.2, 0.25) is 0 Å². The Morgan fingerprint density at radius 3 is 3.00 bits per heavy atom. The van der Waals surface area contributed by atoms with Gasteiger partial charge in [-0.05, 0) is 12.1 Å². The van der Waals surface area contributed by atoms with E-state index < -0.39 is 0 Å². The van der Waals surface area contributed by atoms with Crippen LogP contribution in [0.25, 0.3) is 10.9 Å². The molecule has 0 saturated carbocycles. The van der Waals surface area contributed by atoms with Gasteiger partial charge < -0.3 is 9.30 Å². The summed E-state index contributed by atoms with van der Waals surface area (Å²) in [5, 5.41) is 9.29. The van der Waals surface area contributed by atoms with Crippen molar-refractivity contribution >= 4 is 10.9 Å². The van der Waals surface area contributed by atoms with Gasteiger partial charge in [0.05, 0.1) is 17.8 Å². The molecule has 0 N–H and O–H groups in total. The molecular weight excluding hydrogens is 290 g/mol. The lowest BCUT2D eigenvalue weighted by Crippen LogP contribution is -2.38. The zero-order valence-electron chi connectivity index (χ0n) is 13.1. The maximum Gasteiger partial charge on any atom is 0.163 e. The van der Waals surface area contributed by atoms with Crippen molar-refractivity contribution < 1.29 is 4.74 Å². The van der Waals surface area contributed by atoms with E-state index in [-0.39, 0.29) is 6.10 Å². The van der Waals surface area contributed by atoms with Gasteiger partial charge in [0.25, 0.3) is 0 Å². The third-order valence-corrected chi connectivity index (χ3v) is 4.23. The molecule has 118 valence electrons. The van der Waals surface area contributed by atoms with Crippen LogP contribution in [0.1, 0.15) is 17.6 Å². The summed E-state index contributed by atoms with van der Waals surface area (Å²) in [6, 6.07) is 12.5. The first-order valence-corrected chi connectivity index (χ1v) is 7.82. The van der Waals surface area contributed by atoms with Gasteiger partial charge in [0.15, 0.2) is 5.82 Å². The zero-order chi connectivity index (χ0) is 15.6. The van der Waals surface area contributed by atoms with Crippen LogP contribution in [-0.4, -0.2) is 44.3 Å². The summed E-state index contributed by atoms with van der Waals surface area (Å²) in [5.41, 5.74) is 2.13. The largest absolute Gasteiger partial charge is 0.368 e. The molecular formula is C17H19N5O. The molecule has 1 aliphatic rings. The van der Waals surface area contributed by atoms with Crippen LogP contribution >= 0.6 is 0 Å². The molecule has 0 amide bonds. The first kappa shape index (κ1) is 14.3. The molecule has 1 atom stereocenters. The number of pyridine rings is 1.